The van der Waals surface area contributed by atoms with Gasteiger partial charge in [-0.05, 0) is 24.8 Å². The van der Waals surface area contributed by atoms with Gasteiger partial charge in [0.1, 0.15) is 6.04 Å². The molecule has 0 aromatic heterocycles. The lowest BCUT2D eigenvalue weighted by Crippen LogP contribution is -2.43. The quantitative estimate of drug-likeness (QED) is 0.760. The molecule has 5 nitrogen and oxygen atoms in total. The summed E-state index contributed by atoms with van der Waals surface area (Å²) in [5, 5.41) is 11.9. The first-order chi connectivity index (χ1) is 11.1. The Morgan fingerprint density at radius 3 is 2.74 bits per heavy atom. The highest BCUT2D eigenvalue weighted by Gasteiger charge is 2.21. The number of carboxylic acids is 1. The number of carboxylic acid groups (broad SMARTS) is 1. The first kappa shape index (κ1) is 17.8. The fraction of sp³-hybridized carbons (Fsp3) is 0.529. The molecule has 1 aromatic carbocycles. The second kappa shape index (κ2) is 9.57. The first-order valence-electron chi connectivity index (χ1n) is 7.90. The molecule has 0 saturated carbocycles. The molecule has 1 aliphatic heterocycles. The minimum atomic E-state index is -1.01. The van der Waals surface area contributed by atoms with Crippen molar-refractivity contribution < 1.29 is 19.4 Å². The summed E-state index contributed by atoms with van der Waals surface area (Å²) in [5.74, 6) is -0.209. The average molecular weight is 337 g/mol. The second-order valence-electron chi connectivity index (χ2n) is 5.65. The lowest BCUT2D eigenvalue weighted by atomic mass is 10.1. The number of hydrogen-bond donors (Lipinski definition) is 2. The molecule has 2 rings (SSSR count). The largest absolute Gasteiger partial charge is 0.480 e. The summed E-state index contributed by atoms with van der Waals surface area (Å²) < 4.78 is 5.61. The van der Waals surface area contributed by atoms with Crippen molar-refractivity contribution in [2.75, 3.05) is 18.1 Å². The van der Waals surface area contributed by atoms with E-state index in [4.69, 9.17) is 4.74 Å². The highest BCUT2D eigenvalue weighted by molar-refractivity contribution is 7.99. The van der Waals surface area contributed by atoms with Crippen LogP contribution in [0.3, 0.4) is 0 Å². The normalized spacial score (nSPS) is 19.0. The first-order valence-corrected chi connectivity index (χ1v) is 9.06. The Bertz CT molecular complexity index is 503. The molecule has 0 radical (unpaired) electrons. The van der Waals surface area contributed by atoms with Crippen molar-refractivity contribution in [3.05, 3.63) is 35.9 Å². The van der Waals surface area contributed by atoms with Crippen LogP contribution < -0.4 is 5.32 Å². The molecule has 0 spiro atoms. The van der Waals surface area contributed by atoms with Crippen LogP contribution in [0.2, 0.25) is 0 Å². The van der Waals surface area contributed by atoms with Gasteiger partial charge in [0.2, 0.25) is 5.91 Å². The van der Waals surface area contributed by atoms with Gasteiger partial charge in [-0.2, -0.15) is 0 Å². The third-order valence-corrected chi connectivity index (χ3v) is 4.80. The SMILES string of the molecule is O=C(CSCC1CCCCO1)N[C@@H](Cc1ccccc1)C(=O)O. The highest BCUT2D eigenvalue weighted by Crippen LogP contribution is 2.17. The standard InChI is InChI=1S/C17H23NO4S/c19-16(12-23-11-14-8-4-5-9-22-14)18-15(17(20)21)10-13-6-2-1-3-7-13/h1-3,6-7,14-15H,4-5,8-12H2,(H,18,19)(H,20,21)/t14?,15-/m0/s1. The molecular weight excluding hydrogens is 314 g/mol. The van der Waals surface area contributed by atoms with E-state index in [1.807, 2.05) is 30.3 Å². The summed E-state index contributed by atoms with van der Waals surface area (Å²) in [6.45, 7) is 0.801. The van der Waals surface area contributed by atoms with Crippen molar-refractivity contribution in [2.45, 2.75) is 37.8 Å². The van der Waals surface area contributed by atoms with E-state index >= 15 is 0 Å². The zero-order chi connectivity index (χ0) is 16.5. The average Bonchev–Trinajstić information content (AvgIpc) is 2.56. The lowest BCUT2D eigenvalue weighted by Gasteiger charge is -2.22. The monoisotopic (exact) mass is 337 g/mol. The third kappa shape index (κ3) is 6.62. The number of rotatable bonds is 8. The predicted octanol–water partition coefficient (Wildman–Crippen LogP) is 2.10. The van der Waals surface area contributed by atoms with Crippen molar-refractivity contribution in [2.24, 2.45) is 0 Å². The van der Waals surface area contributed by atoms with Gasteiger partial charge in [0, 0.05) is 18.8 Å². The summed E-state index contributed by atoms with van der Waals surface area (Å²) in [6, 6.07) is 8.42. The summed E-state index contributed by atoms with van der Waals surface area (Å²) in [7, 11) is 0. The predicted molar refractivity (Wildman–Crippen MR) is 90.6 cm³/mol. The van der Waals surface area contributed by atoms with Gasteiger partial charge in [-0.1, -0.05) is 30.3 Å². The van der Waals surface area contributed by atoms with Gasteiger partial charge in [-0.25, -0.2) is 4.79 Å². The van der Waals surface area contributed by atoms with Crippen molar-refractivity contribution in [3.63, 3.8) is 0 Å². The Balaban J connectivity index is 1.73. The molecule has 126 valence electrons. The van der Waals surface area contributed by atoms with E-state index in [0.29, 0.717) is 0 Å². The van der Waals surface area contributed by atoms with Crippen LogP contribution in [-0.4, -0.2) is 47.2 Å². The molecule has 1 saturated heterocycles. The van der Waals surface area contributed by atoms with Crippen molar-refractivity contribution in [1.29, 1.82) is 0 Å². The van der Waals surface area contributed by atoms with Crippen molar-refractivity contribution in [3.8, 4) is 0 Å². The molecule has 1 heterocycles. The molecule has 23 heavy (non-hydrogen) atoms. The van der Waals surface area contributed by atoms with E-state index in [0.717, 1.165) is 30.8 Å². The summed E-state index contributed by atoms with van der Waals surface area (Å²) in [6.07, 6.45) is 3.84. The molecule has 0 aliphatic carbocycles. The van der Waals surface area contributed by atoms with E-state index in [9.17, 15) is 14.7 Å². The number of hydrogen-bond acceptors (Lipinski definition) is 4. The van der Waals surface area contributed by atoms with Gasteiger partial charge < -0.3 is 15.2 Å². The smallest absolute Gasteiger partial charge is 0.326 e. The lowest BCUT2D eigenvalue weighted by molar-refractivity contribution is -0.141. The molecule has 1 amide bonds. The van der Waals surface area contributed by atoms with E-state index in [2.05, 4.69) is 5.32 Å². The number of thioether (sulfide) groups is 1. The van der Waals surface area contributed by atoms with Crippen molar-refractivity contribution in [1.82, 2.24) is 5.32 Å². The van der Waals surface area contributed by atoms with Crippen LogP contribution in [-0.2, 0) is 20.7 Å². The van der Waals surface area contributed by atoms with Gasteiger partial charge >= 0.3 is 5.97 Å². The Morgan fingerprint density at radius 1 is 1.30 bits per heavy atom. The van der Waals surface area contributed by atoms with Crippen LogP contribution in [0.4, 0.5) is 0 Å². The van der Waals surface area contributed by atoms with E-state index < -0.39 is 12.0 Å². The molecular formula is C17H23NO4S. The minimum Gasteiger partial charge on any atom is -0.480 e. The Labute approximate surface area is 140 Å². The maximum Gasteiger partial charge on any atom is 0.326 e. The minimum absolute atomic E-state index is 0.223. The zero-order valence-electron chi connectivity index (χ0n) is 13.1. The number of nitrogens with one attached hydrogen (secondary N) is 1. The molecule has 1 unspecified atom stereocenters. The van der Waals surface area contributed by atoms with Crippen molar-refractivity contribution >= 4 is 23.6 Å². The van der Waals surface area contributed by atoms with Crippen LogP contribution in [0, 0.1) is 0 Å². The topological polar surface area (TPSA) is 75.6 Å². The second-order valence-corrected chi connectivity index (χ2v) is 6.68. The molecule has 1 fully saturated rings. The van der Waals surface area contributed by atoms with Gasteiger partial charge in [0.05, 0.1) is 11.9 Å². The third-order valence-electron chi connectivity index (χ3n) is 3.73. The summed E-state index contributed by atoms with van der Waals surface area (Å²) in [5.41, 5.74) is 0.892. The fourth-order valence-corrected chi connectivity index (χ4v) is 3.42. The highest BCUT2D eigenvalue weighted by atomic mass is 32.2. The van der Waals surface area contributed by atoms with Crippen LogP contribution in [0.15, 0.2) is 30.3 Å². The summed E-state index contributed by atoms with van der Waals surface area (Å²) in [4.78, 5) is 23.3. The number of benzene rings is 1. The zero-order valence-corrected chi connectivity index (χ0v) is 13.9. The van der Waals surface area contributed by atoms with E-state index in [1.54, 1.807) is 0 Å². The Kier molecular flexibility index (Phi) is 7.42. The number of carbonyl (C=O) groups excluding carboxylic acids is 1. The van der Waals surface area contributed by atoms with Crippen LogP contribution in [0.1, 0.15) is 24.8 Å². The molecule has 2 atom stereocenters. The Hall–Kier alpha value is -1.53. The molecule has 6 heteroatoms. The molecule has 0 bridgehead atoms. The summed E-state index contributed by atoms with van der Waals surface area (Å²) >= 11 is 1.50. The van der Waals surface area contributed by atoms with Crippen LogP contribution >= 0.6 is 11.8 Å². The molecule has 1 aromatic rings. The number of ether oxygens (including phenoxy) is 1. The Morgan fingerprint density at radius 2 is 2.09 bits per heavy atom. The molecule has 1 aliphatic rings. The number of amides is 1. The van der Waals surface area contributed by atoms with Crippen LogP contribution in [0.5, 0.6) is 0 Å². The van der Waals surface area contributed by atoms with E-state index in [-0.39, 0.29) is 24.2 Å². The maximum atomic E-state index is 12.0. The maximum absolute atomic E-state index is 12.0. The number of aliphatic carboxylic acids is 1. The fourth-order valence-electron chi connectivity index (χ4n) is 2.51. The van der Waals surface area contributed by atoms with Gasteiger partial charge in [0.25, 0.3) is 0 Å². The molecule has 2 N–H and O–H groups in total. The van der Waals surface area contributed by atoms with E-state index in [1.165, 1.54) is 18.2 Å². The van der Waals surface area contributed by atoms with Gasteiger partial charge in [-0.3, -0.25) is 4.79 Å². The van der Waals surface area contributed by atoms with Gasteiger partial charge in [0.15, 0.2) is 0 Å². The van der Waals surface area contributed by atoms with Gasteiger partial charge in [-0.15, -0.1) is 11.8 Å². The van der Waals surface area contributed by atoms with Crippen LogP contribution in [0.25, 0.3) is 0 Å². The number of carbonyl (C=O) groups is 2.